The second kappa shape index (κ2) is 2.37. The summed E-state index contributed by atoms with van der Waals surface area (Å²) in [5, 5.41) is 0. The molecule has 0 radical (unpaired) electrons. The van der Waals surface area contributed by atoms with Crippen LogP contribution >= 0.6 is 11.8 Å². The number of hydrogen-bond donors (Lipinski definition) is 0. The van der Waals surface area contributed by atoms with E-state index in [1.54, 1.807) is 5.57 Å². The fraction of sp³-hybridized carbons (Fsp3) is 0.750. The van der Waals surface area contributed by atoms with Gasteiger partial charge < -0.3 is 0 Å². The predicted octanol–water partition coefficient (Wildman–Crippen LogP) is 2.85. The Kier molecular flexibility index (Phi) is 1.90. The largest absolute Gasteiger partial charge is 0.151 e. The van der Waals surface area contributed by atoms with Crippen molar-refractivity contribution < 1.29 is 0 Å². The van der Waals surface area contributed by atoms with Gasteiger partial charge in [0, 0.05) is 10.5 Å². The third-order valence-corrected chi connectivity index (χ3v) is 2.87. The van der Waals surface area contributed by atoms with Crippen LogP contribution in [0.4, 0.5) is 0 Å². The minimum Gasteiger partial charge on any atom is -0.151 e. The van der Waals surface area contributed by atoms with Crippen molar-refractivity contribution in [1.82, 2.24) is 0 Å². The summed E-state index contributed by atoms with van der Waals surface area (Å²) in [6, 6.07) is 0. The summed E-state index contributed by atoms with van der Waals surface area (Å²) in [6.45, 7) is 6.85. The molecule has 0 aliphatic carbocycles. The highest BCUT2D eigenvalue weighted by Gasteiger charge is 2.20. The molecule has 0 spiro atoms. The van der Waals surface area contributed by atoms with E-state index in [1.807, 2.05) is 11.8 Å². The number of rotatable bonds is 0. The highest BCUT2D eigenvalue weighted by molar-refractivity contribution is 8.00. The van der Waals surface area contributed by atoms with Crippen LogP contribution in [0.3, 0.4) is 0 Å². The molecule has 1 heteroatoms. The fourth-order valence-corrected chi connectivity index (χ4v) is 2.35. The van der Waals surface area contributed by atoms with Crippen molar-refractivity contribution in [1.29, 1.82) is 0 Å². The molecule has 0 amide bonds. The van der Waals surface area contributed by atoms with Crippen LogP contribution < -0.4 is 0 Å². The van der Waals surface area contributed by atoms with E-state index < -0.39 is 0 Å². The van der Waals surface area contributed by atoms with E-state index in [0.717, 1.165) is 0 Å². The molecule has 0 nitrogen and oxygen atoms in total. The van der Waals surface area contributed by atoms with Crippen molar-refractivity contribution in [2.24, 2.45) is 0 Å². The zero-order chi connectivity index (χ0) is 6.91. The van der Waals surface area contributed by atoms with Crippen molar-refractivity contribution in [3.63, 3.8) is 0 Å². The first-order valence-corrected chi connectivity index (χ1v) is 4.38. The summed E-state index contributed by atoms with van der Waals surface area (Å²) in [6.07, 6.45) is 3.59. The zero-order valence-corrected chi connectivity index (χ0v) is 7.22. The van der Waals surface area contributed by atoms with Crippen molar-refractivity contribution in [3.8, 4) is 0 Å². The van der Waals surface area contributed by atoms with Gasteiger partial charge in [-0.1, -0.05) is 25.5 Å². The summed E-state index contributed by atoms with van der Waals surface area (Å²) >= 11 is 2.05. The van der Waals surface area contributed by atoms with E-state index in [4.69, 9.17) is 0 Å². The molecule has 1 heterocycles. The van der Waals surface area contributed by atoms with Crippen LogP contribution in [0.2, 0.25) is 0 Å². The molecule has 1 aliphatic heterocycles. The highest BCUT2D eigenvalue weighted by Crippen LogP contribution is 2.34. The molecule has 0 aromatic heterocycles. The van der Waals surface area contributed by atoms with Gasteiger partial charge in [0.25, 0.3) is 0 Å². The Morgan fingerprint density at radius 2 is 2.22 bits per heavy atom. The Bertz CT molecular complexity index is 134. The SMILES string of the molecule is CC1=CCSC(C)(C)C1. The van der Waals surface area contributed by atoms with Crippen LogP contribution in [0.5, 0.6) is 0 Å². The molecule has 0 aromatic rings. The van der Waals surface area contributed by atoms with E-state index >= 15 is 0 Å². The smallest absolute Gasteiger partial charge is 0.0143 e. The van der Waals surface area contributed by atoms with Crippen LogP contribution in [0.25, 0.3) is 0 Å². The molecule has 52 valence electrons. The number of thioether (sulfide) groups is 1. The van der Waals surface area contributed by atoms with Crippen molar-refractivity contribution in [2.45, 2.75) is 31.9 Å². The summed E-state index contributed by atoms with van der Waals surface area (Å²) in [5.74, 6) is 1.21. The maximum absolute atomic E-state index is 2.33. The molecule has 1 aliphatic rings. The second-order valence-electron chi connectivity index (χ2n) is 3.30. The first-order valence-electron chi connectivity index (χ1n) is 3.40. The van der Waals surface area contributed by atoms with Crippen molar-refractivity contribution in [2.75, 3.05) is 5.75 Å². The normalized spacial score (nSPS) is 25.4. The zero-order valence-electron chi connectivity index (χ0n) is 6.40. The first-order chi connectivity index (χ1) is 4.10. The summed E-state index contributed by atoms with van der Waals surface area (Å²) in [4.78, 5) is 0. The Labute approximate surface area is 61.7 Å². The lowest BCUT2D eigenvalue weighted by molar-refractivity contribution is 0.695. The quantitative estimate of drug-likeness (QED) is 0.469. The lowest BCUT2D eigenvalue weighted by Crippen LogP contribution is -2.18. The molecular weight excluding hydrogens is 128 g/mol. The van der Waals surface area contributed by atoms with Crippen LogP contribution in [0, 0.1) is 0 Å². The van der Waals surface area contributed by atoms with Crippen molar-refractivity contribution >= 4 is 11.8 Å². The average molecular weight is 142 g/mol. The lowest BCUT2D eigenvalue weighted by atomic mass is 10.0. The monoisotopic (exact) mass is 142 g/mol. The molecule has 0 fully saturated rings. The van der Waals surface area contributed by atoms with Gasteiger partial charge in [0.15, 0.2) is 0 Å². The molecule has 1 rings (SSSR count). The minimum atomic E-state index is 0.499. The molecule has 0 unspecified atom stereocenters. The van der Waals surface area contributed by atoms with Crippen molar-refractivity contribution in [3.05, 3.63) is 11.6 Å². The maximum atomic E-state index is 2.33. The van der Waals surface area contributed by atoms with Crippen LogP contribution in [-0.4, -0.2) is 10.5 Å². The lowest BCUT2D eigenvalue weighted by Gasteiger charge is -2.27. The Balaban J connectivity index is 2.59. The fourth-order valence-electron chi connectivity index (χ4n) is 1.20. The summed E-state index contributed by atoms with van der Waals surface area (Å²) < 4.78 is 0.499. The second-order valence-corrected chi connectivity index (χ2v) is 5.03. The van der Waals surface area contributed by atoms with E-state index in [1.165, 1.54) is 12.2 Å². The number of hydrogen-bond acceptors (Lipinski definition) is 1. The molecule has 0 atom stereocenters. The molecule has 0 bridgehead atoms. The van der Waals surface area contributed by atoms with E-state index in [2.05, 4.69) is 26.8 Å². The third-order valence-electron chi connectivity index (χ3n) is 1.61. The van der Waals surface area contributed by atoms with E-state index in [9.17, 15) is 0 Å². The van der Waals surface area contributed by atoms with Gasteiger partial charge in [-0.3, -0.25) is 0 Å². The number of allylic oxidation sites excluding steroid dienone is 1. The Morgan fingerprint density at radius 3 is 2.56 bits per heavy atom. The maximum Gasteiger partial charge on any atom is 0.0143 e. The average Bonchev–Trinajstić information content (AvgIpc) is 1.60. The Hall–Kier alpha value is 0.0900. The van der Waals surface area contributed by atoms with E-state index in [0.29, 0.717) is 4.75 Å². The molecule has 0 saturated heterocycles. The third kappa shape index (κ3) is 2.05. The molecule has 9 heavy (non-hydrogen) atoms. The van der Waals surface area contributed by atoms with Gasteiger partial charge in [0.1, 0.15) is 0 Å². The molecular formula is C8H14S. The topological polar surface area (TPSA) is 0 Å². The van der Waals surface area contributed by atoms with Crippen LogP contribution in [-0.2, 0) is 0 Å². The van der Waals surface area contributed by atoms with Gasteiger partial charge in [-0.2, -0.15) is 11.8 Å². The van der Waals surface area contributed by atoms with Gasteiger partial charge >= 0.3 is 0 Å². The van der Waals surface area contributed by atoms with Gasteiger partial charge in [-0.05, 0) is 13.3 Å². The predicted molar refractivity (Wildman–Crippen MR) is 44.9 cm³/mol. The first kappa shape index (κ1) is 7.20. The van der Waals surface area contributed by atoms with E-state index in [-0.39, 0.29) is 0 Å². The highest BCUT2D eigenvalue weighted by atomic mass is 32.2. The molecule has 0 saturated carbocycles. The van der Waals surface area contributed by atoms with Gasteiger partial charge in [-0.15, -0.1) is 0 Å². The molecule has 0 N–H and O–H groups in total. The minimum absolute atomic E-state index is 0.499. The summed E-state index contributed by atoms with van der Waals surface area (Å²) in [7, 11) is 0. The molecule has 0 aromatic carbocycles. The van der Waals surface area contributed by atoms with Crippen LogP contribution in [0.1, 0.15) is 27.2 Å². The van der Waals surface area contributed by atoms with Gasteiger partial charge in [0.05, 0.1) is 0 Å². The Morgan fingerprint density at radius 1 is 1.56 bits per heavy atom. The summed E-state index contributed by atoms with van der Waals surface area (Å²) in [5.41, 5.74) is 1.55. The van der Waals surface area contributed by atoms with Gasteiger partial charge in [-0.25, -0.2) is 0 Å². The van der Waals surface area contributed by atoms with Gasteiger partial charge in [0.2, 0.25) is 0 Å². The standard InChI is InChI=1S/C8H14S/c1-7-4-5-9-8(2,3)6-7/h4H,5-6H2,1-3H3. The van der Waals surface area contributed by atoms with Crippen LogP contribution in [0.15, 0.2) is 11.6 Å².